The number of halogens is 2. The van der Waals surface area contributed by atoms with E-state index in [-0.39, 0.29) is 24.0 Å². The van der Waals surface area contributed by atoms with Crippen molar-refractivity contribution in [2.24, 2.45) is 0 Å². The third kappa shape index (κ3) is 4.97. The average molecular weight is 370 g/mol. The first-order valence-corrected chi connectivity index (χ1v) is 8.57. The van der Waals surface area contributed by atoms with Crippen LogP contribution in [0.1, 0.15) is 26.7 Å². The van der Waals surface area contributed by atoms with E-state index in [1.807, 2.05) is 13.8 Å². The lowest BCUT2D eigenvalue weighted by atomic mass is 10.1. The second-order valence-electron chi connectivity index (χ2n) is 6.45. The van der Waals surface area contributed by atoms with Gasteiger partial charge in [0, 0.05) is 24.8 Å². The smallest absolute Gasteiger partial charge is 0.237 e. The van der Waals surface area contributed by atoms with Crippen LogP contribution in [0, 0.1) is 11.3 Å². The van der Waals surface area contributed by atoms with Gasteiger partial charge in [-0.3, -0.25) is 4.79 Å². The average Bonchev–Trinajstić information content (AvgIpc) is 3.00. The van der Waals surface area contributed by atoms with Crippen LogP contribution < -0.4 is 10.6 Å². The molecule has 2 heterocycles. The maximum absolute atomic E-state index is 12.3. The van der Waals surface area contributed by atoms with Gasteiger partial charge in [0.1, 0.15) is 11.9 Å². The Morgan fingerprint density at radius 1 is 1.54 bits per heavy atom. The Morgan fingerprint density at radius 3 is 2.96 bits per heavy atom. The molecule has 1 aromatic rings. The summed E-state index contributed by atoms with van der Waals surface area (Å²) in [5.74, 6) is 0.501. The Bertz CT molecular complexity index is 644. The highest BCUT2D eigenvalue weighted by molar-refractivity contribution is 6.35. The summed E-state index contributed by atoms with van der Waals surface area (Å²) < 4.78 is 0. The van der Waals surface area contributed by atoms with Crippen LogP contribution in [0.5, 0.6) is 0 Å². The van der Waals surface area contributed by atoms with Crippen LogP contribution in [-0.2, 0) is 4.79 Å². The van der Waals surface area contributed by atoms with E-state index in [2.05, 4.69) is 21.7 Å². The van der Waals surface area contributed by atoms with Crippen LogP contribution in [-0.4, -0.2) is 47.0 Å². The van der Waals surface area contributed by atoms with Gasteiger partial charge in [-0.2, -0.15) is 5.26 Å². The standard InChI is InChI=1S/C16H21Cl2N5O/c1-16(2,10-21-15-13(18)6-11(17)8-20-15)22-9-14(24)23-5-3-4-12(23)7-19/h6,8,12,22H,3-5,9-10H2,1-2H3,(H,20,21)/t12-/m0/s1. The highest BCUT2D eigenvalue weighted by atomic mass is 35.5. The number of hydrogen-bond acceptors (Lipinski definition) is 5. The minimum Gasteiger partial charge on any atom is -0.367 e. The van der Waals surface area contributed by atoms with Gasteiger partial charge in [-0.05, 0) is 32.8 Å². The summed E-state index contributed by atoms with van der Waals surface area (Å²) in [4.78, 5) is 18.1. The lowest BCUT2D eigenvalue weighted by Crippen LogP contribution is -2.50. The first-order chi connectivity index (χ1) is 11.3. The lowest BCUT2D eigenvalue weighted by Gasteiger charge is -2.28. The van der Waals surface area contributed by atoms with Crippen molar-refractivity contribution in [2.75, 3.05) is 25.0 Å². The monoisotopic (exact) mass is 369 g/mol. The topological polar surface area (TPSA) is 81.1 Å². The Morgan fingerprint density at radius 2 is 2.29 bits per heavy atom. The van der Waals surface area contributed by atoms with Crippen LogP contribution in [0.3, 0.4) is 0 Å². The number of nitrogens with zero attached hydrogens (tertiary/aromatic N) is 3. The summed E-state index contributed by atoms with van der Waals surface area (Å²) in [7, 11) is 0. The first kappa shape index (κ1) is 18.8. The van der Waals surface area contributed by atoms with E-state index >= 15 is 0 Å². The van der Waals surface area contributed by atoms with Crippen molar-refractivity contribution in [3.63, 3.8) is 0 Å². The van der Waals surface area contributed by atoms with Crippen LogP contribution in [0.4, 0.5) is 5.82 Å². The van der Waals surface area contributed by atoms with Gasteiger partial charge in [-0.1, -0.05) is 23.2 Å². The lowest BCUT2D eigenvalue weighted by molar-refractivity contribution is -0.130. The fraction of sp³-hybridized carbons (Fsp3) is 0.562. The summed E-state index contributed by atoms with van der Waals surface area (Å²) in [6.07, 6.45) is 3.17. The van der Waals surface area contributed by atoms with Gasteiger partial charge in [0.05, 0.1) is 22.7 Å². The van der Waals surface area contributed by atoms with Gasteiger partial charge in [-0.25, -0.2) is 4.98 Å². The molecule has 1 amide bonds. The predicted molar refractivity (Wildman–Crippen MR) is 95.2 cm³/mol. The van der Waals surface area contributed by atoms with Gasteiger partial charge >= 0.3 is 0 Å². The predicted octanol–water partition coefficient (Wildman–Crippen LogP) is 2.68. The molecule has 130 valence electrons. The molecule has 1 aliphatic heterocycles. The zero-order valence-electron chi connectivity index (χ0n) is 13.8. The summed E-state index contributed by atoms with van der Waals surface area (Å²) >= 11 is 11.9. The molecule has 1 atom stereocenters. The molecular formula is C16H21Cl2N5O. The summed E-state index contributed by atoms with van der Waals surface area (Å²) in [6.45, 7) is 5.32. The number of amides is 1. The second-order valence-corrected chi connectivity index (χ2v) is 7.29. The number of carbonyl (C=O) groups excluding carboxylic acids is 1. The molecular weight excluding hydrogens is 349 g/mol. The molecule has 0 aliphatic carbocycles. The van der Waals surface area contributed by atoms with E-state index in [1.165, 1.54) is 6.20 Å². The zero-order valence-corrected chi connectivity index (χ0v) is 15.3. The molecule has 1 saturated heterocycles. The van der Waals surface area contributed by atoms with E-state index in [0.717, 1.165) is 12.8 Å². The number of carbonyl (C=O) groups is 1. The van der Waals surface area contributed by atoms with Gasteiger partial charge in [-0.15, -0.1) is 0 Å². The van der Waals surface area contributed by atoms with E-state index < -0.39 is 0 Å². The van der Waals surface area contributed by atoms with Crippen molar-refractivity contribution in [1.82, 2.24) is 15.2 Å². The van der Waals surface area contributed by atoms with E-state index in [1.54, 1.807) is 11.0 Å². The van der Waals surface area contributed by atoms with Crippen molar-refractivity contribution in [3.8, 4) is 6.07 Å². The molecule has 0 bridgehead atoms. The highest BCUT2D eigenvalue weighted by Gasteiger charge is 2.29. The number of aromatic nitrogens is 1. The number of hydrogen-bond donors (Lipinski definition) is 2. The van der Waals surface area contributed by atoms with Gasteiger partial charge in [0.15, 0.2) is 0 Å². The largest absolute Gasteiger partial charge is 0.367 e. The number of nitriles is 1. The number of nitrogens with one attached hydrogen (secondary N) is 2. The van der Waals surface area contributed by atoms with E-state index in [4.69, 9.17) is 28.5 Å². The molecule has 1 fully saturated rings. The van der Waals surface area contributed by atoms with Crippen molar-refractivity contribution in [3.05, 3.63) is 22.3 Å². The Kier molecular flexibility index (Phi) is 6.27. The van der Waals surface area contributed by atoms with Crippen molar-refractivity contribution in [2.45, 2.75) is 38.3 Å². The summed E-state index contributed by atoms with van der Waals surface area (Å²) in [6, 6.07) is 3.51. The molecule has 1 aromatic heterocycles. The number of likely N-dealkylation sites (tertiary alicyclic amines) is 1. The molecule has 0 unspecified atom stereocenters. The van der Waals surface area contributed by atoms with Gasteiger partial charge < -0.3 is 15.5 Å². The maximum atomic E-state index is 12.3. The van der Waals surface area contributed by atoms with E-state index in [0.29, 0.717) is 29.0 Å². The Hall–Kier alpha value is -1.55. The maximum Gasteiger partial charge on any atom is 0.237 e. The number of pyridine rings is 1. The molecule has 6 nitrogen and oxygen atoms in total. The van der Waals surface area contributed by atoms with Gasteiger partial charge in [0.2, 0.25) is 5.91 Å². The van der Waals surface area contributed by atoms with Gasteiger partial charge in [0.25, 0.3) is 0 Å². The normalized spacial score (nSPS) is 17.6. The fourth-order valence-electron chi connectivity index (χ4n) is 2.53. The Balaban J connectivity index is 1.85. The molecule has 0 aromatic carbocycles. The van der Waals surface area contributed by atoms with Crippen molar-refractivity contribution < 1.29 is 4.79 Å². The minimum absolute atomic E-state index is 0.0465. The van der Waals surface area contributed by atoms with E-state index in [9.17, 15) is 4.79 Å². The first-order valence-electron chi connectivity index (χ1n) is 7.81. The van der Waals surface area contributed by atoms with Crippen LogP contribution >= 0.6 is 23.2 Å². The molecule has 8 heteroatoms. The third-order valence-electron chi connectivity index (χ3n) is 3.95. The third-order valence-corrected chi connectivity index (χ3v) is 4.44. The van der Waals surface area contributed by atoms with Crippen molar-refractivity contribution >= 4 is 34.9 Å². The summed E-state index contributed by atoms with van der Waals surface area (Å²) in [5, 5.41) is 16.4. The van der Waals surface area contributed by atoms with Crippen molar-refractivity contribution in [1.29, 1.82) is 5.26 Å². The molecule has 2 rings (SSSR count). The second kappa shape index (κ2) is 8.02. The SMILES string of the molecule is CC(C)(CNc1ncc(Cl)cc1Cl)NCC(=O)N1CCC[C@H]1C#N. The molecule has 0 spiro atoms. The van der Waals surface area contributed by atoms with Crippen LogP contribution in [0.25, 0.3) is 0 Å². The van der Waals surface area contributed by atoms with Crippen LogP contribution in [0.2, 0.25) is 10.0 Å². The fourth-order valence-corrected chi connectivity index (χ4v) is 2.97. The molecule has 24 heavy (non-hydrogen) atoms. The molecule has 2 N–H and O–H groups in total. The molecule has 0 radical (unpaired) electrons. The number of anilines is 1. The molecule has 0 saturated carbocycles. The zero-order chi connectivity index (χ0) is 17.7. The quantitative estimate of drug-likeness (QED) is 0.805. The minimum atomic E-state index is -0.359. The number of rotatable bonds is 6. The molecule has 1 aliphatic rings. The summed E-state index contributed by atoms with van der Waals surface area (Å²) in [5.41, 5.74) is -0.359. The Labute approximate surface area is 152 Å². The van der Waals surface area contributed by atoms with Crippen LogP contribution in [0.15, 0.2) is 12.3 Å². The highest BCUT2D eigenvalue weighted by Crippen LogP contribution is 2.23.